The molecule has 13 heavy (non-hydrogen) atoms. The third kappa shape index (κ3) is 4.30. The van der Waals surface area contributed by atoms with Crippen LogP contribution in [-0.2, 0) is 9.59 Å². The first-order valence-electron chi connectivity index (χ1n) is 4.21. The molecule has 1 amide bonds. The fourth-order valence-electron chi connectivity index (χ4n) is 0.890. The lowest BCUT2D eigenvalue weighted by Crippen LogP contribution is -2.27. The predicted molar refractivity (Wildman–Crippen MR) is 49.2 cm³/mol. The van der Waals surface area contributed by atoms with Crippen LogP contribution in [0.15, 0.2) is 11.6 Å². The van der Waals surface area contributed by atoms with Gasteiger partial charge in [0, 0.05) is 18.2 Å². The highest BCUT2D eigenvalue weighted by atomic mass is 16.4. The Morgan fingerprint density at radius 1 is 1.46 bits per heavy atom. The van der Waals surface area contributed by atoms with E-state index in [1.165, 1.54) is 0 Å². The van der Waals surface area contributed by atoms with Gasteiger partial charge >= 0.3 is 5.97 Å². The number of aliphatic carboxylic acids is 1. The first kappa shape index (κ1) is 11.7. The number of carbonyl (C=O) groups is 2. The average Bonchev–Trinajstić information content (AvgIpc) is 1.99. The average molecular weight is 185 g/mol. The van der Waals surface area contributed by atoms with Crippen molar-refractivity contribution in [2.24, 2.45) is 5.92 Å². The van der Waals surface area contributed by atoms with E-state index < -0.39 is 5.97 Å². The third-order valence-corrected chi connectivity index (χ3v) is 1.50. The number of likely N-dealkylation sites (N-methyl/N-ethyl adjacent to an activating group) is 1. The van der Waals surface area contributed by atoms with Crippen molar-refractivity contribution in [3.05, 3.63) is 11.6 Å². The Morgan fingerprint density at radius 3 is 2.31 bits per heavy atom. The van der Waals surface area contributed by atoms with Crippen LogP contribution in [0.1, 0.15) is 20.8 Å². The number of amides is 1. The van der Waals surface area contributed by atoms with Crippen LogP contribution in [-0.4, -0.2) is 23.5 Å². The van der Waals surface area contributed by atoms with E-state index in [1.54, 1.807) is 20.8 Å². The van der Waals surface area contributed by atoms with Gasteiger partial charge in [0.2, 0.25) is 5.91 Å². The second kappa shape index (κ2) is 5.35. The molecule has 0 unspecified atom stereocenters. The van der Waals surface area contributed by atoms with Crippen molar-refractivity contribution in [2.45, 2.75) is 20.8 Å². The molecule has 0 aromatic rings. The zero-order valence-electron chi connectivity index (χ0n) is 8.13. The molecule has 0 aliphatic rings. The molecule has 0 aromatic heterocycles. The smallest absolute Gasteiger partial charge is 0.328 e. The SMILES string of the molecule is CCNC(=O)/C(=C\C(=O)O)C(C)C. The van der Waals surface area contributed by atoms with Gasteiger partial charge in [-0.2, -0.15) is 0 Å². The van der Waals surface area contributed by atoms with Gasteiger partial charge in [-0.1, -0.05) is 13.8 Å². The van der Waals surface area contributed by atoms with Crippen molar-refractivity contribution in [3.63, 3.8) is 0 Å². The second-order valence-electron chi connectivity index (χ2n) is 2.95. The summed E-state index contributed by atoms with van der Waals surface area (Å²) in [5, 5.41) is 11.1. The second-order valence-corrected chi connectivity index (χ2v) is 2.95. The molecule has 0 spiro atoms. The van der Waals surface area contributed by atoms with E-state index in [4.69, 9.17) is 5.11 Å². The van der Waals surface area contributed by atoms with Crippen molar-refractivity contribution in [3.8, 4) is 0 Å². The van der Waals surface area contributed by atoms with Crippen LogP contribution in [0.2, 0.25) is 0 Å². The van der Waals surface area contributed by atoms with Gasteiger partial charge < -0.3 is 10.4 Å². The van der Waals surface area contributed by atoms with Gasteiger partial charge in [0.05, 0.1) is 0 Å². The summed E-state index contributed by atoms with van der Waals surface area (Å²) in [5.41, 5.74) is 0.300. The van der Waals surface area contributed by atoms with Crippen LogP contribution < -0.4 is 5.32 Å². The molecular formula is C9H15NO3. The molecular weight excluding hydrogens is 170 g/mol. The van der Waals surface area contributed by atoms with Gasteiger partial charge in [-0.05, 0) is 12.8 Å². The lowest BCUT2D eigenvalue weighted by atomic mass is 10.0. The zero-order valence-corrected chi connectivity index (χ0v) is 8.13. The van der Waals surface area contributed by atoms with Crippen LogP contribution in [0, 0.1) is 5.92 Å². The highest BCUT2D eigenvalue weighted by Gasteiger charge is 2.13. The maximum atomic E-state index is 11.3. The van der Waals surface area contributed by atoms with E-state index in [-0.39, 0.29) is 11.8 Å². The Morgan fingerprint density at radius 2 is 2.00 bits per heavy atom. The number of carboxylic acid groups (broad SMARTS) is 1. The third-order valence-electron chi connectivity index (χ3n) is 1.50. The van der Waals surface area contributed by atoms with Crippen molar-refractivity contribution in [2.75, 3.05) is 6.54 Å². The number of carbonyl (C=O) groups excluding carboxylic acids is 1. The van der Waals surface area contributed by atoms with Crippen molar-refractivity contribution in [1.82, 2.24) is 5.32 Å². The number of carboxylic acids is 1. The first-order chi connectivity index (χ1) is 5.99. The minimum absolute atomic E-state index is 0.0809. The van der Waals surface area contributed by atoms with Gasteiger partial charge in [0.1, 0.15) is 0 Å². The molecule has 0 bridgehead atoms. The van der Waals surface area contributed by atoms with Crippen LogP contribution >= 0.6 is 0 Å². The summed E-state index contributed by atoms with van der Waals surface area (Å²) < 4.78 is 0. The quantitative estimate of drug-likeness (QED) is 0.636. The van der Waals surface area contributed by atoms with Crippen molar-refractivity contribution in [1.29, 1.82) is 0 Å². The van der Waals surface area contributed by atoms with Crippen LogP contribution in [0.25, 0.3) is 0 Å². The summed E-state index contributed by atoms with van der Waals surface area (Å²) in [7, 11) is 0. The largest absolute Gasteiger partial charge is 0.478 e. The minimum Gasteiger partial charge on any atom is -0.478 e. The summed E-state index contributed by atoms with van der Waals surface area (Å²) in [5.74, 6) is -1.47. The Balaban J connectivity index is 4.61. The van der Waals surface area contributed by atoms with Crippen LogP contribution in [0.4, 0.5) is 0 Å². The number of hydrogen-bond donors (Lipinski definition) is 2. The van der Waals surface area contributed by atoms with Gasteiger partial charge in [0.25, 0.3) is 0 Å². The Bertz CT molecular complexity index is 231. The first-order valence-corrected chi connectivity index (χ1v) is 4.21. The fourth-order valence-corrected chi connectivity index (χ4v) is 0.890. The van der Waals surface area contributed by atoms with Gasteiger partial charge in [-0.3, -0.25) is 4.79 Å². The molecule has 0 aliphatic heterocycles. The van der Waals surface area contributed by atoms with E-state index in [9.17, 15) is 9.59 Å². The molecule has 0 saturated carbocycles. The summed E-state index contributed by atoms with van der Waals surface area (Å²) >= 11 is 0. The number of nitrogens with one attached hydrogen (secondary N) is 1. The maximum absolute atomic E-state index is 11.3. The van der Waals surface area contributed by atoms with Crippen molar-refractivity contribution >= 4 is 11.9 Å². The highest BCUT2D eigenvalue weighted by molar-refractivity contribution is 5.99. The molecule has 0 rings (SSSR count). The molecule has 0 fully saturated rings. The maximum Gasteiger partial charge on any atom is 0.328 e. The molecule has 0 heterocycles. The molecule has 0 aliphatic carbocycles. The lowest BCUT2D eigenvalue weighted by Gasteiger charge is -2.09. The predicted octanol–water partition coefficient (Wildman–Crippen LogP) is 0.789. The van der Waals surface area contributed by atoms with Crippen LogP contribution in [0.5, 0.6) is 0 Å². The number of hydrogen-bond acceptors (Lipinski definition) is 2. The molecule has 74 valence electrons. The van der Waals surface area contributed by atoms with Crippen molar-refractivity contribution < 1.29 is 14.7 Å². The van der Waals surface area contributed by atoms with Gasteiger partial charge in [-0.25, -0.2) is 4.79 Å². The Labute approximate surface area is 77.6 Å². The minimum atomic E-state index is -1.09. The van der Waals surface area contributed by atoms with E-state index in [0.29, 0.717) is 12.1 Å². The standard InChI is InChI=1S/C9H15NO3/c1-4-10-9(13)7(6(2)3)5-8(11)12/h5-6H,4H2,1-3H3,(H,10,13)(H,11,12)/b7-5-. The zero-order chi connectivity index (χ0) is 10.4. The van der Waals surface area contributed by atoms with E-state index in [0.717, 1.165) is 6.08 Å². The van der Waals surface area contributed by atoms with E-state index >= 15 is 0 Å². The summed E-state index contributed by atoms with van der Waals surface area (Å²) in [4.78, 5) is 21.6. The number of rotatable bonds is 4. The summed E-state index contributed by atoms with van der Waals surface area (Å²) in [6.07, 6.45) is 0.954. The van der Waals surface area contributed by atoms with E-state index in [1.807, 2.05) is 0 Å². The van der Waals surface area contributed by atoms with Gasteiger partial charge in [0.15, 0.2) is 0 Å². The summed E-state index contributed by atoms with van der Waals surface area (Å²) in [6.45, 7) is 5.85. The topological polar surface area (TPSA) is 66.4 Å². The highest BCUT2D eigenvalue weighted by Crippen LogP contribution is 2.08. The fraction of sp³-hybridized carbons (Fsp3) is 0.556. The molecule has 0 aromatic carbocycles. The Kier molecular flexibility index (Phi) is 4.80. The van der Waals surface area contributed by atoms with Gasteiger partial charge in [-0.15, -0.1) is 0 Å². The normalized spacial score (nSPS) is 11.5. The lowest BCUT2D eigenvalue weighted by molar-refractivity contribution is -0.132. The molecule has 4 heteroatoms. The Hall–Kier alpha value is -1.32. The molecule has 0 atom stereocenters. The van der Waals surface area contributed by atoms with Crippen LogP contribution in [0.3, 0.4) is 0 Å². The molecule has 0 saturated heterocycles. The molecule has 0 radical (unpaired) electrons. The summed E-state index contributed by atoms with van der Waals surface area (Å²) in [6, 6.07) is 0. The monoisotopic (exact) mass is 185 g/mol. The molecule has 2 N–H and O–H groups in total. The molecule has 4 nitrogen and oxygen atoms in total. The van der Waals surface area contributed by atoms with E-state index in [2.05, 4.69) is 5.32 Å².